The molecule has 1 N–H and O–H groups in total. The molecule has 1 atom stereocenters. The number of nitrogens with zero attached hydrogens (tertiary/aromatic N) is 2. The second kappa shape index (κ2) is 5.09. The highest BCUT2D eigenvalue weighted by Crippen LogP contribution is 2.26. The Hall–Kier alpha value is -1.15. The van der Waals surface area contributed by atoms with E-state index < -0.39 is 21.9 Å². The van der Waals surface area contributed by atoms with Gasteiger partial charge in [0.15, 0.2) is 0 Å². The number of aliphatic carboxylic acids is 1. The Morgan fingerprint density at radius 3 is 2.32 bits per heavy atom. The van der Waals surface area contributed by atoms with Gasteiger partial charge in [-0.15, -0.1) is 0 Å². The van der Waals surface area contributed by atoms with Crippen molar-refractivity contribution in [1.82, 2.24) is 9.21 Å². The Morgan fingerprint density at radius 1 is 1.32 bits per heavy atom. The Kier molecular flexibility index (Phi) is 3.82. The lowest BCUT2D eigenvalue weighted by molar-refractivity contribution is -0.141. The summed E-state index contributed by atoms with van der Waals surface area (Å²) in [6.07, 6.45) is 2.38. The van der Waals surface area contributed by atoms with Crippen LogP contribution in [-0.4, -0.2) is 66.5 Å². The van der Waals surface area contributed by atoms with Crippen LogP contribution in [-0.2, 0) is 19.6 Å². The fourth-order valence-corrected chi connectivity index (χ4v) is 3.61. The number of amides is 1. The van der Waals surface area contributed by atoms with E-state index in [1.54, 1.807) is 4.90 Å². The minimum Gasteiger partial charge on any atom is -0.481 e. The van der Waals surface area contributed by atoms with Gasteiger partial charge in [-0.1, -0.05) is 0 Å². The molecule has 2 rings (SSSR count). The molecule has 0 aromatic carbocycles. The quantitative estimate of drug-likeness (QED) is 0.745. The molecule has 0 saturated carbocycles. The van der Waals surface area contributed by atoms with Gasteiger partial charge in [0.1, 0.15) is 0 Å². The summed E-state index contributed by atoms with van der Waals surface area (Å²) in [5.74, 6) is -1.70. The predicted molar refractivity (Wildman–Crippen MR) is 66.9 cm³/mol. The summed E-state index contributed by atoms with van der Waals surface area (Å²) in [6, 6.07) is -0.0325. The molecule has 2 aliphatic heterocycles. The number of hydrogen-bond acceptors (Lipinski definition) is 4. The Balaban J connectivity index is 1.95. The minimum absolute atomic E-state index is 0.0325. The van der Waals surface area contributed by atoms with Crippen molar-refractivity contribution in [1.29, 1.82) is 0 Å². The number of likely N-dealkylation sites (tertiary alicyclic amines) is 1. The van der Waals surface area contributed by atoms with Crippen LogP contribution < -0.4 is 0 Å². The van der Waals surface area contributed by atoms with E-state index in [1.807, 2.05) is 0 Å². The number of carboxylic acid groups (broad SMARTS) is 1. The number of carbonyl (C=O) groups excluding carboxylic acids is 1. The molecule has 108 valence electrons. The topological polar surface area (TPSA) is 95.0 Å². The van der Waals surface area contributed by atoms with Crippen LogP contribution in [0.1, 0.15) is 19.3 Å². The number of hydrogen-bond donors (Lipinski definition) is 1. The summed E-state index contributed by atoms with van der Waals surface area (Å²) in [4.78, 5) is 24.3. The average molecular weight is 290 g/mol. The van der Waals surface area contributed by atoms with Gasteiger partial charge in [0.05, 0.1) is 12.2 Å². The van der Waals surface area contributed by atoms with Crippen molar-refractivity contribution in [3.63, 3.8) is 0 Å². The van der Waals surface area contributed by atoms with E-state index in [0.29, 0.717) is 25.9 Å². The lowest BCUT2D eigenvalue weighted by Gasteiger charge is -2.35. The van der Waals surface area contributed by atoms with E-state index in [9.17, 15) is 18.0 Å². The highest BCUT2D eigenvalue weighted by atomic mass is 32.2. The Bertz CT molecular complexity index is 481. The molecule has 0 radical (unpaired) electrons. The molecule has 7 nitrogen and oxygen atoms in total. The molecule has 0 bridgehead atoms. The molecule has 2 fully saturated rings. The first-order valence-electron chi connectivity index (χ1n) is 6.26. The normalized spacial score (nSPS) is 26.9. The van der Waals surface area contributed by atoms with Crippen molar-refractivity contribution < 1.29 is 23.1 Å². The second-order valence-corrected chi connectivity index (χ2v) is 7.16. The summed E-state index contributed by atoms with van der Waals surface area (Å²) in [5.41, 5.74) is 0. The van der Waals surface area contributed by atoms with Crippen LogP contribution in [0.5, 0.6) is 0 Å². The second-order valence-electron chi connectivity index (χ2n) is 5.18. The van der Waals surface area contributed by atoms with Crippen molar-refractivity contribution in [3.8, 4) is 0 Å². The highest BCUT2D eigenvalue weighted by molar-refractivity contribution is 7.88. The van der Waals surface area contributed by atoms with E-state index in [2.05, 4.69) is 0 Å². The zero-order chi connectivity index (χ0) is 14.2. The van der Waals surface area contributed by atoms with Gasteiger partial charge in [-0.2, -0.15) is 0 Å². The number of carboxylic acids is 1. The molecular formula is C11H18N2O5S. The van der Waals surface area contributed by atoms with Crippen LogP contribution >= 0.6 is 0 Å². The molecule has 19 heavy (non-hydrogen) atoms. The van der Waals surface area contributed by atoms with Gasteiger partial charge in [0, 0.05) is 32.1 Å². The van der Waals surface area contributed by atoms with Crippen LogP contribution in [0.4, 0.5) is 0 Å². The summed E-state index contributed by atoms with van der Waals surface area (Å²) in [7, 11) is -3.17. The molecule has 0 aromatic rings. The molecule has 2 aliphatic rings. The smallest absolute Gasteiger partial charge is 0.308 e. The highest BCUT2D eigenvalue weighted by Gasteiger charge is 2.39. The van der Waals surface area contributed by atoms with E-state index in [1.165, 1.54) is 10.6 Å². The van der Waals surface area contributed by atoms with Gasteiger partial charge in [-0.3, -0.25) is 9.59 Å². The van der Waals surface area contributed by atoms with Gasteiger partial charge in [-0.25, -0.2) is 12.7 Å². The van der Waals surface area contributed by atoms with Crippen LogP contribution in [0.25, 0.3) is 0 Å². The summed E-state index contributed by atoms with van der Waals surface area (Å²) in [6.45, 7) is 1.04. The third-order valence-corrected chi connectivity index (χ3v) is 5.14. The van der Waals surface area contributed by atoms with Gasteiger partial charge >= 0.3 is 5.97 Å². The summed E-state index contributed by atoms with van der Waals surface area (Å²) >= 11 is 0. The first kappa shape index (κ1) is 14.3. The standard InChI is InChI=1S/C11H18N2O5S/c1-19(17,18)12-4-2-9(3-5-12)13-7-8(11(15)16)6-10(13)14/h8-9H,2-7H2,1H3,(H,15,16). The molecular weight excluding hydrogens is 272 g/mol. The molecule has 0 aliphatic carbocycles. The van der Waals surface area contributed by atoms with Crippen molar-refractivity contribution in [3.05, 3.63) is 0 Å². The van der Waals surface area contributed by atoms with E-state index in [4.69, 9.17) is 5.11 Å². The van der Waals surface area contributed by atoms with Gasteiger partial charge < -0.3 is 10.0 Å². The van der Waals surface area contributed by atoms with Crippen molar-refractivity contribution in [2.75, 3.05) is 25.9 Å². The Morgan fingerprint density at radius 2 is 1.89 bits per heavy atom. The van der Waals surface area contributed by atoms with E-state index >= 15 is 0 Å². The lowest BCUT2D eigenvalue weighted by atomic mass is 10.1. The number of piperidine rings is 1. The fourth-order valence-electron chi connectivity index (χ4n) is 2.74. The van der Waals surface area contributed by atoms with Crippen LogP contribution in [0.15, 0.2) is 0 Å². The molecule has 2 saturated heterocycles. The van der Waals surface area contributed by atoms with Crippen molar-refractivity contribution >= 4 is 21.9 Å². The zero-order valence-corrected chi connectivity index (χ0v) is 11.6. The van der Waals surface area contributed by atoms with Crippen LogP contribution in [0.2, 0.25) is 0 Å². The largest absolute Gasteiger partial charge is 0.481 e. The van der Waals surface area contributed by atoms with Gasteiger partial charge in [0.2, 0.25) is 15.9 Å². The monoisotopic (exact) mass is 290 g/mol. The average Bonchev–Trinajstić information content (AvgIpc) is 2.70. The van der Waals surface area contributed by atoms with Crippen LogP contribution in [0, 0.1) is 5.92 Å². The number of carbonyl (C=O) groups is 2. The maximum absolute atomic E-state index is 11.8. The van der Waals surface area contributed by atoms with Crippen molar-refractivity contribution in [2.45, 2.75) is 25.3 Å². The maximum Gasteiger partial charge on any atom is 0.308 e. The molecule has 2 heterocycles. The zero-order valence-electron chi connectivity index (χ0n) is 10.8. The van der Waals surface area contributed by atoms with Gasteiger partial charge in [0.25, 0.3) is 0 Å². The van der Waals surface area contributed by atoms with E-state index in [0.717, 1.165) is 0 Å². The number of rotatable bonds is 3. The van der Waals surface area contributed by atoms with Crippen LogP contribution in [0.3, 0.4) is 0 Å². The molecule has 0 spiro atoms. The molecule has 1 amide bonds. The first-order valence-corrected chi connectivity index (χ1v) is 8.11. The van der Waals surface area contributed by atoms with E-state index in [-0.39, 0.29) is 24.9 Å². The number of sulfonamides is 1. The third kappa shape index (κ3) is 3.06. The maximum atomic E-state index is 11.8. The Labute approximate surface area is 112 Å². The SMILES string of the molecule is CS(=O)(=O)N1CCC(N2CC(C(=O)O)CC2=O)CC1. The van der Waals surface area contributed by atoms with Crippen molar-refractivity contribution in [2.24, 2.45) is 5.92 Å². The first-order chi connectivity index (χ1) is 8.79. The molecule has 0 aromatic heterocycles. The third-order valence-electron chi connectivity index (χ3n) is 3.84. The fraction of sp³-hybridized carbons (Fsp3) is 0.818. The summed E-state index contributed by atoms with van der Waals surface area (Å²) in [5, 5.41) is 8.93. The minimum atomic E-state index is -3.17. The molecule has 1 unspecified atom stereocenters. The lowest BCUT2D eigenvalue weighted by Crippen LogP contribution is -2.47. The molecule has 8 heteroatoms. The predicted octanol–water partition coefficient (Wildman–Crippen LogP) is -0.656. The van der Waals surface area contributed by atoms with Gasteiger partial charge in [-0.05, 0) is 12.8 Å². The summed E-state index contributed by atoms with van der Waals surface area (Å²) < 4.78 is 24.2.